The second-order valence-electron chi connectivity index (χ2n) is 8.66. The van der Waals surface area contributed by atoms with E-state index < -0.39 is 5.97 Å². The number of carbonyl (C=O) groups excluding carboxylic acids is 1. The van der Waals surface area contributed by atoms with Crippen molar-refractivity contribution >= 4 is 51.3 Å². The average molecular weight is 509 g/mol. The lowest BCUT2D eigenvalue weighted by atomic mass is 10.1. The van der Waals surface area contributed by atoms with Crippen LogP contribution in [-0.4, -0.2) is 34.1 Å². The number of benzene rings is 4. The molecule has 0 aliphatic carbocycles. The molecule has 0 spiro atoms. The smallest absolute Gasteiger partial charge is 0.336 e. The first-order chi connectivity index (χ1) is 17.9. The van der Waals surface area contributed by atoms with Crippen LogP contribution in [0.1, 0.15) is 27.0 Å². The van der Waals surface area contributed by atoms with E-state index in [1.807, 2.05) is 42.5 Å². The van der Waals surface area contributed by atoms with Gasteiger partial charge in [0.2, 0.25) is 0 Å². The van der Waals surface area contributed by atoms with Gasteiger partial charge in [-0.25, -0.2) is 9.79 Å². The van der Waals surface area contributed by atoms with Crippen molar-refractivity contribution < 1.29 is 19.4 Å². The number of fused-ring (bicyclic) bond motifs is 1. The number of rotatable bonds is 6. The topological polar surface area (TPSA) is 79.2 Å². The number of aromatic carboxylic acids is 1. The van der Waals surface area contributed by atoms with E-state index in [0.29, 0.717) is 27.9 Å². The minimum absolute atomic E-state index is 0.160. The van der Waals surface area contributed by atoms with Crippen LogP contribution in [0.5, 0.6) is 5.75 Å². The molecule has 37 heavy (non-hydrogen) atoms. The molecule has 1 amide bonds. The van der Waals surface area contributed by atoms with Gasteiger partial charge in [-0.1, -0.05) is 54.6 Å². The second-order valence-corrected chi connectivity index (χ2v) is 9.67. The minimum atomic E-state index is -1.01. The molecule has 1 heterocycles. The Balaban J connectivity index is 1.28. The molecule has 6 nitrogen and oxygen atoms in total. The molecule has 0 bridgehead atoms. The van der Waals surface area contributed by atoms with Crippen molar-refractivity contribution in [3.63, 3.8) is 0 Å². The fourth-order valence-electron chi connectivity index (χ4n) is 4.04. The Morgan fingerprint density at radius 2 is 1.76 bits per heavy atom. The van der Waals surface area contributed by atoms with Gasteiger partial charge in [-0.05, 0) is 82.6 Å². The zero-order chi connectivity index (χ0) is 25.9. The molecule has 0 atom stereocenters. The van der Waals surface area contributed by atoms with Crippen LogP contribution < -0.4 is 4.74 Å². The Morgan fingerprint density at radius 1 is 1.00 bits per heavy atom. The first-order valence-corrected chi connectivity index (χ1v) is 12.5. The van der Waals surface area contributed by atoms with Crippen LogP contribution in [0.3, 0.4) is 0 Å². The molecule has 184 valence electrons. The molecule has 1 aliphatic rings. The number of hydrogen-bond acceptors (Lipinski definition) is 5. The predicted octanol–water partition coefficient (Wildman–Crippen LogP) is 6.66. The third-order valence-electron chi connectivity index (χ3n) is 6.15. The molecule has 0 aromatic heterocycles. The van der Waals surface area contributed by atoms with Gasteiger partial charge < -0.3 is 9.84 Å². The van der Waals surface area contributed by atoms with Gasteiger partial charge in [0.1, 0.15) is 12.4 Å². The van der Waals surface area contributed by atoms with Crippen molar-refractivity contribution in [2.75, 3.05) is 7.05 Å². The fourth-order valence-corrected chi connectivity index (χ4v) is 5.02. The molecule has 5 rings (SSSR count). The molecular formula is C30H24N2O4S. The first kappa shape index (κ1) is 24.3. The van der Waals surface area contributed by atoms with E-state index in [-0.39, 0.29) is 11.5 Å². The van der Waals surface area contributed by atoms with Gasteiger partial charge in [-0.3, -0.25) is 9.69 Å². The lowest BCUT2D eigenvalue weighted by Crippen LogP contribution is -2.23. The quantitative estimate of drug-likeness (QED) is 0.295. The number of aliphatic imine (C=N–C) groups is 1. The van der Waals surface area contributed by atoms with Crippen molar-refractivity contribution in [2.24, 2.45) is 4.99 Å². The van der Waals surface area contributed by atoms with E-state index in [0.717, 1.165) is 16.9 Å². The summed E-state index contributed by atoms with van der Waals surface area (Å²) in [6, 6.07) is 27.0. The monoisotopic (exact) mass is 508 g/mol. The maximum atomic E-state index is 12.8. The molecule has 0 unspecified atom stereocenters. The fraction of sp³-hybridized carbons (Fsp3) is 0.100. The molecule has 7 heteroatoms. The lowest BCUT2D eigenvalue weighted by molar-refractivity contribution is -0.121. The average Bonchev–Trinajstić information content (AvgIpc) is 3.16. The number of carboxylic acid groups (broad SMARTS) is 1. The van der Waals surface area contributed by atoms with Crippen LogP contribution in [0, 0.1) is 6.92 Å². The Hall–Kier alpha value is -4.36. The standard InChI is InChI=1S/C30H24N2O4S/c1-19-25(29(34)35)8-5-9-26(19)31-30-32(2)28(33)27(37-30)17-20-11-14-24(15-12-20)36-18-21-10-13-22-6-3-4-7-23(22)16-21/h3-17H,18H2,1-2H3,(H,34,35)/b27-17-,31-30?. The highest BCUT2D eigenvalue weighted by Crippen LogP contribution is 2.34. The summed E-state index contributed by atoms with van der Waals surface area (Å²) in [6.45, 7) is 2.18. The van der Waals surface area contributed by atoms with Crippen LogP contribution in [0.25, 0.3) is 16.8 Å². The Kier molecular flexibility index (Phi) is 6.79. The van der Waals surface area contributed by atoms with Crippen LogP contribution >= 0.6 is 11.8 Å². The summed E-state index contributed by atoms with van der Waals surface area (Å²) >= 11 is 1.26. The number of carbonyl (C=O) groups is 2. The van der Waals surface area contributed by atoms with Crippen LogP contribution in [0.15, 0.2) is 94.8 Å². The van der Waals surface area contributed by atoms with Gasteiger partial charge in [-0.2, -0.15) is 0 Å². The maximum absolute atomic E-state index is 12.8. The number of carboxylic acids is 1. The number of thioether (sulfide) groups is 1. The Bertz CT molecular complexity index is 1570. The highest BCUT2D eigenvalue weighted by atomic mass is 32.2. The Labute approximate surface area is 218 Å². The van der Waals surface area contributed by atoms with Crippen LogP contribution in [-0.2, 0) is 11.4 Å². The van der Waals surface area contributed by atoms with Crippen molar-refractivity contribution in [1.29, 1.82) is 0 Å². The normalized spacial score (nSPS) is 15.6. The van der Waals surface area contributed by atoms with Crippen molar-refractivity contribution in [2.45, 2.75) is 13.5 Å². The van der Waals surface area contributed by atoms with Crippen molar-refractivity contribution in [3.05, 3.63) is 112 Å². The van der Waals surface area contributed by atoms with Gasteiger partial charge in [0.15, 0.2) is 5.17 Å². The number of amides is 1. The molecule has 1 fully saturated rings. The van der Waals surface area contributed by atoms with Gasteiger partial charge in [-0.15, -0.1) is 0 Å². The zero-order valence-electron chi connectivity index (χ0n) is 20.3. The Morgan fingerprint density at radius 3 is 2.51 bits per heavy atom. The highest BCUT2D eigenvalue weighted by molar-refractivity contribution is 8.18. The van der Waals surface area contributed by atoms with Gasteiger partial charge in [0.05, 0.1) is 16.2 Å². The molecule has 0 radical (unpaired) electrons. The summed E-state index contributed by atoms with van der Waals surface area (Å²) in [5.41, 5.74) is 3.24. The summed E-state index contributed by atoms with van der Waals surface area (Å²) in [5, 5.41) is 12.2. The summed E-state index contributed by atoms with van der Waals surface area (Å²) < 4.78 is 5.96. The zero-order valence-corrected chi connectivity index (χ0v) is 21.2. The molecule has 1 saturated heterocycles. The predicted molar refractivity (Wildman–Crippen MR) is 148 cm³/mol. The summed E-state index contributed by atoms with van der Waals surface area (Å²) in [4.78, 5) is 30.8. The first-order valence-electron chi connectivity index (χ1n) is 11.7. The third-order valence-corrected chi connectivity index (χ3v) is 7.21. The number of ether oxygens (including phenoxy) is 1. The number of hydrogen-bond donors (Lipinski definition) is 1. The van der Waals surface area contributed by atoms with E-state index in [1.54, 1.807) is 32.2 Å². The van der Waals surface area contributed by atoms with E-state index in [9.17, 15) is 14.7 Å². The molecular weight excluding hydrogens is 484 g/mol. The summed E-state index contributed by atoms with van der Waals surface area (Å²) in [6.07, 6.45) is 1.82. The number of amidine groups is 1. The molecule has 1 aliphatic heterocycles. The van der Waals surface area contributed by atoms with Gasteiger partial charge in [0, 0.05) is 7.05 Å². The van der Waals surface area contributed by atoms with Crippen LogP contribution in [0.4, 0.5) is 5.69 Å². The lowest BCUT2D eigenvalue weighted by Gasteiger charge is -2.09. The highest BCUT2D eigenvalue weighted by Gasteiger charge is 2.30. The van der Waals surface area contributed by atoms with E-state index in [2.05, 4.69) is 35.3 Å². The molecule has 0 saturated carbocycles. The molecule has 4 aromatic carbocycles. The van der Waals surface area contributed by atoms with Crippen LogP contribution in [0.2, 0.25) is 0 Å². The second kappa shape index (κ2) is 10.3. The summed E-state index contributed by atoms with van der Waals surface area (Å²) in [7, 11) is 1.66. The minimum Gasteiger partial charge on any atom is -0.489 e. The maximum Gasteiger partial charge on any atom is 0.336 e. The number of nitrogens with zero attached hydrogens (tertiary/aromatic N) is 2. The van der Waals surface area contributed by atoms with Gasteiger partial charge >= 0.3 is 5.97 Å². The van der Waals surface area contributed by atoms with Crippen molar-refractivity contribution in [3.8, 4) is 5.75 Å². The van der Waals surface area contributed by atoms with E-state index in [4.69, 9.17) is 4.74 Å². The van der Waals surface area contributed by atoms with Crippen molar-refractivity contribution in [1.82, 2.24) is 4.90 Å². The van der Waals surface area contributed by atoms with E-state index in [1.165, 1.54) is 27.4 Å². The largest absolute Gasteiger partial charge is 0.489 e. The molecule has 4 aromatic rings. The number of likely N-dealkylation sites (N-methyl/N-ethyl adjacent to an activating group) is 1. The third kappa shape index (κ3) is 5.27. The summed E-state index contributed by atoms with van der Waals surface area (Å²) in [5.74, 6) is -0.422. The van der Waals surface area contributed by atoms with Gasteiger partial charge in [0.25, 0.3) is 5.91 Å². The SMILES string of the molecule is Cc1c(N=C2S/C(=C\c3ccc(OCc4ccc5ccccc5c4)cc3)C(=O)N2C)cccc1C(=O)O. The van der Waals surface area contributed by atoms with E-state index >= 15 is 0 Å². The molecule has 1 N–H and O–H groups in total.